The Bertz CT molecular complexity index is 1290. The summed E-state index contributed by atoms with van der Waals surface area (Å²) in [6, 6.07) is 22.1. The molecule has 5 rings (SSSR count). The van der Waals surface area contributed by atoms with Crippen molar-refractivity contribution in [1.82, 2.24) is 19.9 Å². The van der Waals surface area contributed by atoms with Gasteiger partial charge >= 0.3 is 0 Å². The summed E-state index contributed by atoms with van der Waals surface area (Å²) < 4.78 is 6.04. The topological polar surface area (TPSA) is 87.0 Å². The Morgan fingerprint density at radius 1 is 1.06 bits per heavy atom. The van der Waals surface area contributed by atoms with Crippen LogP contribution in [0.3, 0.4) is 0 Å². The van der Waals surface area contributed by atoms with Crippen molar-refractivity contribution in [2.24, 2.45) is 0 Å². The second-order valence-electron chi connectivity index (χ2n) is 9.21. The third-order valence-corrected chi connectivity index (χ3v) is 6.54. The first kappa shape index (κ1) is 23.1. The van der Waals surface area contributed by atoms with Crippen LogP contribution < -0.4 is 10.9 Å². The monoisotopic (exact) mass is 469 g/mol. The molecule has 1 aliphatic rings. The lowest BCUT2D eigenvalue weighted by atomic mass is 9.90. The van der Waals surface area contributed by atoms with Crippen molar-refractivity contribution in [2.75, 3.05) is 25.0 Å². The van der Waals surface area contributed by atoms with E-state index in [0.717, 1.165) is 55.4 Å². The predicted octanol–water partition coefficient (Wildman–Crippen LogP) is 4.49. The number of nitrogens with one attached hydrogen (secondary N) is 2. The van der Waals surface area contributed by atoms with Crippen LogP contribution >= 0.6 is 0 Å². The lowest BCUT2D eigenvalue weighted by Crippen LogP contribution is -2.21. The molecule has 1 fully saturated rings. The van der Waals surface area contributed by atoms with E-state index in [9.17, 15) is 4.79 Å². The van der Waals surface area contributed by atoms with Gasteiger partial charge in [0.25, 0.3) is 5.56 Å². The van der Waals surface area contributed by atoms with Gasteiger partial charge < -0.3 is 9.73 Å². The van der Waals surface area contributed by atoms with Crippen molar-refractivity contribution in [1.29, 1.82) is 0 Å². The predicted molar refractivity (Wildman–Crippen MR) is 137 cm³/mol. The highest BCUT2D eigenvalue weighted by molar-refractivity contribution is 5.30. The maximum absolute atomic E-state index is 12.6. The number of hydrogen-bond donors (Lipinski definition) is 2. The summed E-state index contributed by atoms with van der Waals surface area (Å²) in [5, 5.41) is 3.30. The highest BCUT2D eigenvalue weighted by Crippen LogP contribution is 2.40. The normalized spacial score (nSPS) is 18.1. The highest BCUT2D eigenvalue weighted by Gasteiger charge is 2.38. The Kier molecular flexibility index (Phi) is 7.04. The molecule has 3 aromatic heterocycles. The van der Waals surface area contributed by atoms with Crippen LogP contribution in [0, 0.1) is 6.92 Å². The van der Waals surface area contributed by atoms with Crippen molar-refractivity contribution in [3.8, 4) is 0 Å². The van der Waals surface area contributed by atoms with Crippen molar-refractivity contribution >= 4 is 5.95 Å². The molecule has 0 spiro atoms. The van der Waals surface area contributed by atoms with E-state index < -0.39 is 0 Å². The summed E-state index contributed by atoms with van der Waals surface area (Å²) in [4.78, 5) is 27.0. The summed E-state index contributed by atoms with van der Waals surface area (Å²) in [5.41, 5.74) is 3.00. The van der Waals surface area contributed by atoms with Crippen LogP contribution in [0.5, 0.6) is 0 Å². The molecule has 35 heavy (non-hydrogen) atoms. The van der Waals surface area contributed by atoms with Crippen LogP contribution in [0.15, 0.2) is 82.1 Å². The van der Waals surface area contributed by atoms with Gasteiger partial charge in [-0.15, -0.1) is 0 Å². The van der Waals surface area contributed by atoms with Gasteiger partial charge in [-0.2, -0.15) is 0 Å². The van der Waals surface area contributed by atoms with Gasteiger partial charge in [-0.1, -0.05) is 36.4 Å². The number of hydrogen-bond acceptors (Lipinski definition) is 6. The lowest BCUT2D eigenvalue weighted by Gasteiger charge is -2.17. The number of H-pyrrole nitrogens is 1. The maximum Gasteiger partial charge on any atom is 0.252 e. The van der Waals surface area contributed by atoms with Crippen LogP contribution in [0.1, 0.15) is 46.7 Å². The first-order valence-corrected chi connectivity index (χ1v) is 12.2. The molecule has 1 saturated heterocycles. The largest absolute Gasteiger partial charge is 0.466 e. The van der Waals surface area contributed by atoms with E-state index in [1.165, 1.54) is 5.56 Å². The zero-order valence-electron chi connectivity index (χ0n) is 20.0. The summed E-state index contributed by atoms with van der Waals surface area (Å²) in [6.45, 7) is 5.19. The average Bonchev–Trinajstić information content (AvgIpc) is 3.49. The van der Waals surface area contributed by atoms with E-state index in [2.05, 4.69) is 50.5 Å². The molecule has 0 amide bonds. The van der Waals surface area contributed by atoms with Gasteiger partial charge in [-0.05, 0) is 49.6 Å². The fourth-order valence-electron chi connectivity index (χ4n) is 4.87. The summed E-state index contributed by atoms with van der Waals surface area (Å²) in [7, 11) is 0. The molecule has 2 atom stereocenters. The SMILES string of the molecule is Cc1ccc([C@@H]2CN(Cc3ccccc3)C[C@@H]2c2cc(=O)[nH]c(NCCCc3ccccn3)n2)o1. The smallest absolute Gasteiger partial charge is 0.252 e. The Morgan fingerprint density at radius 2 is 1.89 bits per heavy atom. The van der Waals surface area contributed by atoms with Gasteiger partial charge in [0.15, 0.2) is 0 Å². The van der Waals surface area contributed by atoms with Crippen molar-refractivity contribution in [3.63, 3.8) is 0 Å². The average molecular weight is 470 g/mol. The van der Waals surface area contributed by atoms with Crippen molar-refractivity contribution < 1.29 is 4.42 Å². The van der Waals surface area contributed by atoms with Crippen LogP contribution in [0.2, 0.25) is 0 Å². The number of nitrogens with zero attached hydrogens (tertiary/aromatic N) is 3. The van der Waals surface area contributed by atoms with Gasteiger partial charge in [-0.3, -0.25) is 19.7 Å². The molecule has 0 aliphatic carbocycles. The minimum Gasteiger partial charge on any atom is -0.466 e. The van der Waals surface area contributed by atoms with Gasteiger partial charge in [0.05, 0.1) is 5.69 Å². The number of aromatic nitrogens is 3. The molecule has 2 N–H and O–H groups in total. The number of furan rings is 1. The number of benzene rings is 1. The number of pyridine rings is 1. The molecule has 0 saturated carbocycles. The van der Waals surface area contributed by atoms with Crippen LogP contribution in [0.25, 0.3) is 0 Å². The fourth-order valence-corrected chi connectivity index (χ4v) is 4.87. The lowest BCUT2D eigenvalue weighted by molar-refractivity contribution is 0.319. The molecular weight excluding hydrogens is 438 g/mol. The first-order chi connectivity index (χ1) is 17.1. The second kappa shape index (κ2) is 10.7. The molecule has 4 aromatic rings. The summed E-state index contributed by atoms with van der Waals surface area (Å²) in [5.74, 6) is 2.58. The number of rotatable bonds is 9. The van der Waals surface area contributed by atoms with Crippen molar-refractivity contribution in [3.05, 3.63) is 112 Å². The molecule has 1 aromatic carbocycles. The molecule has 0 radical (unpaired) electrons. The Balaban J connectivity index is 1.31. The zero-order chi connectivity index (χ0) is 24.0. The van der Waals surface area contributed by atoms with Crippen LogP contribution in [-0.2, 0) is 13.0 Å². The van der Waals surface area contributed by atoms with Crippen molar-refractivity contribution in [2.45, 2.75) is 38.1 Å². The summed E-state index contributed by atoms with van der Waals surface area (Å²) in [6.07, 6.45) is 3.58. The van der Waals surface area contributed by atoms with Gasteiger partial charge in [0.2, 0.25) is 5.95 Å². The standard InChI is InChI=1S/C28H31N5O2/c1-20-12-13-26(35-20)24-19-33(17-21-8-3-2-4-9-21)18-23(24)25-16-27(34)32-28(31-25)30-15-7-11-22-10-5-6-14-29-22/h2-6,8-10,12-14,16,23-24H,7,11,15,17-19H2,1H3,(H2,30,31,32,34)/t23-,24+/m0/s1. The Hall–Kier alpha value is -3.71. The van der Waals surface area contributed by atoms with E-state index in [0.29, 0.717) is 12.5 Å². The minimum absolute atomic E-state index is 0.0700. The van der Waals surface area contributed by atoms with E-state index in [-0.39, 0.29) is 17.4 Å². The quantitative estimate of drug-likeness (QED) is 0.351. The number of aryl methyl sites for hydroxylation is 2. The highest BCUT2D eigenvalue weighted by atomic mass is 16.3. The van der Waals surface area contributed by atoms with E-state index in [1.807, 2.05) is 43.5 Å². The Labute approximate surface area is 205 Å². The number of likely N-dealkylation sites (tertiary alicyclic amines) is 1. The zero-order valence-corrected chi connectivity index (χ0v) is 20.0. The maximum atomic E-state index is 12.6. The third-order valence-electron chi connectivity index (χ3n) is 6.54. The van der Waals surface area contributed by atoms with Gasteiger partial charge in [-0.25, -0.2) is 4.98 Å². The molecule has 7 nitrogen and oxygen atoms in total. The van der Waals surface area contributed by atoms with E-state index >= 15 is 0 Å². The van der Waals surface area contributed by atoms with E-state index in [4.69, 9.17) is 9.40 Å². The van der Waals surface area contributed by atoms with Crippen LogP contribution in [0.4, 0.5) is 5.95 Å². The second-order valence-corrected chi connectivity index (χ2v) is 9.21. The van der Waals surface area contributed by atoms with Gasteiger partial charge in [0.1, 0.15) is 11.5 Å². The summed E-state index contributed by atoms with van der Waals surface area (Å²) >= 11 is 0. The molecule has 0 bridgehead atoms. The molecular formula is C28H31N5O2. The molecule has 1 aliphatic heterocycles. The molecule has 0 unspecified atom stereocenters. The van der Waals surface area contributed by atoms with Crippen LogP contribution in [-0.4, -0.2) is 39.5 Å². The molecule has 180 valence electrons. The minimum atomic E-state index is -0.141. The Morgan fingerprint density at radius 3 is 2.66 bits per heavy atom. The molecule has 4 heterocycles. The fraction of sp³-hybridized carbons (Fsp3) is 0.321. The third kappa shape index (κ3) is 5.87. The van der Waals surface area contributed by atoms with Gasteiger partial charge in [0, 0.05) is 56.0 Å². The number of aromatic amines is 1. The first-order valence-electron chi connectivity index (χ1n) is 12.2. The number of anilines is 1. The van der Waals surface area contributed by atoms with E-state index in [1.54, 1.807) is 6.07 Å². The molecule has 7 heteroatoms.